The van der Waals surface area contributed by atoms with Gasteiger partial charge in [0.2, 0.25) is 5.91 Å². The molecule has 0 heterocycles. The second-order valence-corrected chi connectivity index (χ2v) is 13.3. The van der Waals surface area contributed by atoms with Crippen LogP contribution >= 0.6 is 22.6 Å². The predicted molar refractivity (Wildman–Crippen MR) is 157 cm³/mol. The number of nitrogens with one attached hydrogen (secondary N) is 2. The van der Waals surface area contributed by atoms with Gasteiger partial charge in [0.1, 0.15) is 6.54 Å². The van der Waals surface area contributed by atoms with Crippen LogP contribution in [0.3, 0.4) is 0 Å². The first-order chi connectivity index (χ1) is 19.3. The van der Waals surface area contributed by atoms with Gasteiger partial charge in [-0.25, -0.2) is 16.8 Å². The van der Waals surface area contributed by atoms with Gasteiger partial charge in [-0.3, -0.25) is 13.8 Å². The van der Waals surface area contributed by atoms with Gasteiger partial charge in [-0.05, 0) is 101 Å². The molecule has 4 aromatic rings. The second-order valence-electron chi connectivity index (χ2n) is 8.56. The summed E-state index contributed by atoms with van der Waals surface area (Å²) in [6.45, 7) is -0.574. The number of carbonyl (C=O) groups excluding carboxylic acids is 1. The highest BCUT2D eigenvalue weighted by Gasteiger charge is 2.31. The minimum Gasteiger partial charge on any atom is -0.325 e. The normalized spacial score (nSPS) is 12.0. The molecule has 8 nitrogen and oxygen atoms in total. The van der Waals surface area contributed by atoms with E-state index in [1.165, 1.54) is 30.3 Å². The molecule has 14 heteroatoms. The first kappa shape index (κ1) is 30.3. The zero-order chi connectivity index (χ0) is 29.8. The van der Waals surface area contributed by atoms with Crippen molar-refractivity contribution in [2.45, 2.75) is 16.0 Å². The first-order valence-electron chi connectivity index (χ1n) is 11.7. The number of benzene rings is 4. The number of sulfonamides is 2. The van der Waals surface area contributed by atoms with Crippen molar-refractivity contribution in [3.05, 3.63) is 112 Å². The molecule has 0 aliphatic carbocycles. The van der Waals surface area contributed by atoms with E-state index >= 15 is 0 Å². The Labute approximate surface area is 248 Å². The molecule has 0 fully saturated rings. The lowest BCUT2D eigenvalue weighted by molar-refractivity contribution is -0.137. The van der Waals surface area contributed by atoms with Crippen molar-refractivity contribution in [1.29, 1.82) is 0 Å². The van der Waals surface area contributed by atoms with Crippen molar-refractivity contribution in [2.75, 3.05) is 20.9 Å². The molecule has 0 bridgehead atoms. The van der Waals surface area contributed by atoms with Gasteiger partial charge in [0.05, 0.1) is 21.0 Å². The molecule has 0 radical (unpaired) electrons. The summed E-state index contributed by atoms with van der Waals surface area (Å²) >= 11 is 2.07. The number of hydrogen-bond acceptors (Lipinski definition) is 5. The van der Waals surface area contributed by atoms with E-state index in [2.05, 4.69) is 32.6 Å². The van der Waals surface area contributed by atoms with Gasteiger partial charge in [-0.2, -0.15) is 13.2 Å². The highest BCUT2D eigenvalue weighted by molar-refractivity contribution is 14.1. The summed E-state index contributed by atoms with van der Waals surface area (Å²) < 4.78 is 95.0. The molecular weight excluding hydrogens is 694 g/mol. The molecule has 0 saturated heterocycles. The molecule has 2 N–H and O–H groups in total. The van der Waals surface area contributed by atoms with E-state index in [1.807, 2.05) is 0 Å². The van der Waals surface area contributed by atoms with Crippen molar-refractivity contribution < 1.29 is 34.8 Å². The average Bonchev–Trinajstić information content (AvgIpc) is 2.92. The maximum atomic E-state index is 13.4. The molecule has 41 heavy (non-hydrogen) atoms. The minimum absolute atomic E-state index is 0.00539. The van der Waals surface area contributed by atoms with E-state index in [1.54, 1.807) is 42.5 Å². The SMILES string of the molecule is O=C(CN(c1ccc(I)cc1)S(=O)(=O)c1ccccc1)Nc1ccc(S(=O)(=O)Nc2cccc(C(F)(F)F)c2)cc1. The lowest BCUT2D eigenvalue weighted by Gasteiger charge is -2.24. The van der Waals surface area contributed by atoms with Crippen LogP contribution in [0.4, 0.5) is 30.2 Å². The van der Waals surface area contributed by atoms with Crippen LogP contribution in [0.2, 0.25) is 0 Å². The topological polar surface area (TPSA) is 113 Å². The van der Waals surface area contributed by atoms with Gasteiger partial charge in [0.25, 0.3) is 20.0 Å². The summed E-state index contributed by atoms with van der Waals surface area (Å²) in [6.07, 6.45) is -4.64. The van der Waals surface area contributed by atoms with Crippen LogP contribution in [0.1, 0.15) is 5.56 Å². The zero-order valence-corrected chi connectivity index (χ0v) is 24.6. The quantitative estimate of drug-likeness (QED) is 0.208. The minimum atomic E-state index is -4.64. The molecule has 4 rings (SSSR count). The van der Waals surface area contributed by atoms with Gasteiger partial charge < -0.3 is 5.32 Å². The molecule has 1 amide bonds. The first-order valence-corrected chi connectivity index (χ1v) is 15.7. The van der Waals surface area contributed by atoms with E-state index in [-0.39, 0.29) is 26.9 Å². The van der Waals surface area contributed by atoms with E-state index < -0.39 is 44.2 Å². The number of amides is 1. The van der Waals surface area contributed by atoms with Gasteiger partial charge in [0.15, 0.2) is 0 Å². The number of nitrogens with zero attached hydrogens (tertiary/aromatic N) is 1. The van der Waals surface area contributed by atoms with Crippen molar-refractivity contribution in [2.24, 2.45) is 0 Å². The number of alkyl halides is 3. The molecule has 4 aromatic carbocycles. The maximum Gasteiger partial charge on any atom is 0.416 e. The molecule has 0 spiro atoms. The fraction of sp³-hybridized carbons (Fsp3) is 0.0741. The highest BCUT2D eigenvalue weighted by Crippen LogP contribution is 2.31. The zero-order valence-electron chi connectivity index (χ0n) is 20.8. The van der Waals surface area contributed by atoms with Crippen LogP contribution in [-0.2, 0) is 31.0 Å². The standard InChI is InChI=1S/C27H21F3IN3O5S2/c28-27(29,30)19-5-4-6-22(17-19)33-40(36,37)24-15-11-21(12-16-24)32-26(35)18-34(23-13-9-20(31)10-14-23)41(38,39)25-7-2-1-3-8-25/h1-17,33H,18H2,(H,32,35). The molecule has 0 saturated carbocycles. The van der Waals surface area contributed by atoms with E-state index in [4.69, 9.17) is 0 Å². The van der Waals surface area contributed by atoms with Gasteiger partial charge in [0, 0.05) is 14.9 Å². The number of anilines is 3. The van der Waals surface area contributed by atoms with Gasteiger partial charge in [-0.15, -0.1) is 0 Å². The Balaban J connectivity index is 1.51. The molecule has 0 aliphatic rings. The second kappa shape index (κ2) is 12.1. The summed E-state index contributed by atoms with van der Waals surface area (Å²) in [5, 5.41) is 2.54. The number of hydrogen-bond donors (Lipinski definition) is 2. The van der Waals surface area contributed by atoms with Crippen LogP contribution in [0.15, 0.2) is 113 Å². The van der Waals surface area contributed by atoms with Gasteiger partial charge in [-0.1, -0.05) is 24.3 Å². The molecule has 0 aliphatic heterocycles. The van der Waals surface area contributed by atoms with Crippen molar-refractivity contribution in [3.8, 4) is 0 Å². The fourth-order valence-electron chi connectivity index (χ4n) is 3.66. The summed E-state index contributed by atoms with van der Waals surface area (Å²) in [7, 11) is -8.36. The predicted octanol–water partition coefficient (Wildman–Crippen LogP) is 5.94. The molecule has 0 unspecified atom stereocenters. The Hall–Kier alpha value is -3.63. The number of carbonyl (C=O) groups is 1. The summed E-state index contributed by atoms with van der Waals surface area (Å²) in [5.41, 5.74) is -0.837. The number of rotatable bonds is 9. The Morgan fingerprint density at radius 3 is 2.00 bits per heavy atom. The van der Waals surface area contributed by atoms with Crippen molar-refractivity contribution in [3.63, 3.8) is 0 Å². The molecule has 0 atom stereocenters. The van der Waals surface area contributed by atoms with Crippen molar-refractivity contribution in [1.82, 2.24) is 0 Å². The van der Waals surface area contributed by atoms with Crippen LogP contribution in [-0.4, -0.2) is 29.3 Å². The molecular formula is C27H21F3IN3O5S2. The monoisotopic (exact) mass is 715 g/mol. The summed E-state index contributed by atoms with van der Waals surface area (Å²) in [5.74, 6) is -0.694. The van der Waals surface area contributed by atoms with E-state index in [9.17, 15) is 34.8 Å². The molecule has 214 valence electrons. The van der Waals surface area contributed by atoms with Crippen LogP contribution < -0.4 is 14.3 Å². The fourth-order valence-corrected chi connectivity index (χ4v) is 6.51. The highest BCUT2D eigenvalue weighted by atomic mass is 127. The Kier molecular flexibility index (Phi) is 8.94. The van der Waals surface area contributed by atoms with E-state index in [0.717, 1.165) is 32.1 Å². The van der Waals surface area contributed by atoms with Crippen LogP contribution in [0.5, 0.6) is 0 Å². The number of halogens is 4. The summed E-state index contributed by atoms with van der Waals surface area (Å²) in [4.78, 5) is 12.7. The Bertz CT molecular complexity index is 1750. The van der Waals surface area contributed by atoms with Gasteiger partial charge >= 0.3 is 6.18 Å². The molecule has 0 aromatic heterocycles. The Morgan fingerprint density at radius 1 is 0.756 bits per heavy atom. The smallest absolute Gasteiger partial charge is 0.325 e. The third-order valence-corrected chi connectivity index (χ3v) is 9.53. The van der Waals surface area contributed by atoms with Crippen LogP contribution in [0, 0.1) is 3.57 Å². The third kappa shape index (κ3) is 7.56. The summed E-state index contributed by atoms with van der Waals surface area (Å²) in [6, 6.07) is 22.8. The van der Waals surface area contributed by atoms with Crippen molar-refractivity contribution >= 4 is 65.6 Å². The third-order valence-electron chi connectivity index (χ3n) is 5.62. The average molecular weight is 716 g/mol. The maximum absolute atomic E-state index is 13.4. The lowest BCUT2D eigenvalue weighted by atomic mass is 10.2. The largest absolute Gasteiger partial charge is 0.416 e. The Morgan fingerprint density at radius 2 is 1.39 bits per heavy atom. The van der Waals surface area contributed by atoms with E-state index in [0.29, 0.717) is 6.07 Å². The van der Waals surface area contributed by atoms with Crippen LogP contribution in [0.25, 0.3) is 0 Å². The lowest BCUT2D eigenvalue weighted by Crippen LogP contribution is -2.38.